The molecule has 152 valence electrons. The van der Waals surface area contributed by atoms with Crippen LogP contribution in [0, 0.1) is 11.7 Å². The molecular formula is C22H23FN2O4. The number of nitrogens with one attached hydrogen (secondary N) is 1. The summed E-state index contributed by atoms with van der Waals surface area (Å²) < 4.78 is 18.1. The number of anilines is 1. The number of amides is 2. The van der Waals surface area contributed by atoms with E-state index >= 15 is 0 Å². The number of likely N-dealkylation sites (tertiary alicyclic amines) is 1. The van der Waals surface area contributed by atoms with Crippen molar-refractivity contribution in [1.82, 2.24) is 4.90 Å². The smallest absolute Gasteiger partial charge is 0.338 e. The van der Waals surface area contributed by atoms with Gasteiger partial charge in [-0.05, 0) is 62.2 Å². The fourth-order valence-electron chi connectivity index (χ4n) is 3.33. The number of hydrogen-bond acceptors (Lipinski definition) is 4. The average Bonchev–Trinajstić information content (AvgIpc) is 2.74. The van der Waals surface area contributed by atoms with E-state index in [0.29, 0.717) is 42.7 Å². The highest BCUT2D eigenvalue weighted by atomic mass is 19.1. The summed E-state index contributed by atoms with van der Waals surface area (Å²) in [5.74, 6) is -1.63. The number of rotatable bonds is 5. The molecule has 0 saturated carbocycles. The number of benzene rings is 2. The van der Waals surface area contributed by atoms with Crippen LogP contribution >= 0.6 is 0 Å². The van der Waals surface area contributed by atoms with Crippen LogP contribution in [0.2, 0.25) is 0 Å². The fourth-order valence-corrected chi connectivity index (χ4v) is 3.33. The summed E-state index contributed by atoms with van der Waals surface area (Å²) in [5, 5.41) is 2.82. The minimum atomic E-state index is -0.447. The van der Waals surface area contributed by atoms with Crippen molar-refractivity contribution < 1.29 is 23.5 Å². The van der Waals surface area contributed by atoms with E-state index in [0.717, 1.165) is 0 Å². The van der Waals surface area contributed by atoms with E-state index in [9.17, 15) is 18.8 Å². The first-order valence-corrected chi connectivity index (χ1v) is 9.61. The summed E-state index contributed by atoms with van der Waals surface area (Å²) in [6, 6.07) is 12.0. The normalized spacial score (nSPS) is 16.2. The SMILES string of the molecule is CCOC(=O)c1cccc(NC(=O)C2CCCN(C(=O)c3ccc(F)cc3)C2)c1. The Morgan fingerprint density at radius 3 is 2.62 bits per heavy atom. The third-order valence-corrected chi connectivity index (χ3v) is 4.81. The van der Waals surface area contributed by atoms with Crippen molar-refractivity contribution in [1.29, 1.82) is 0 Å². The predicted octanol–water partition coefficient (Wildman–Crippen LogP) is 3.49. The Balaban J connectivity index is 1.64. The van der Waals surface area contributed by atoms with Crippen LogP contribution in [0.15, 0.2) is 48.5 Å². The van der Waals surface area contributed by atoms with Crippen molar-refractivity contribution in [2.45, 2.75) is 19.8 Å². The van der Waals surface area contributed by atoms with Gasteiger partial charge in [-0.1, -0.05) is 6.07 Å². The lowest BCUT2D eigenvalue weighted by molar-refractivity contribution is -0.121. The molecule has 2 amide bonds. The van der Waals surface area contributed by atoms with Crippen LogP contribution in [0.25, 0.3) is 0 Å². The summed E-state index contributed by atoms with van der Waals surface area (Å²) in [6.07, 6.45) is 1.37. The standard InChI is InChI=1S/C22H23FN2O4/c1-2-29-22(28)16-5-3-7-19(13-16)24-20(26)17-6-4-12-25(14-17)21(27)15-8-10-18(23)11-9-15/h3,5,7-11,13,17H,2,4,6,12,14H2,1H3,(H,24,26). The molecule has 0 radical (unpaired) electrons. The molecule has 7 heteroatoms. The van der Waals surface area contributed by atoms with Gasteiger partial charge in [-0.25, -0.2) is 9.18 Å². The molecule has 1 atom stereocenters. The summed E-state index contributed by atoms with van der Waals surface area (Å²) in [7, 11) is 0. The molecule has 1 aliphatic heterocycles. The predicted molar refractivity (Wildman–Crippen MR) is 106 cm³/mol. The molecule has 29 heavy (non-hydrogen) atoms. The molecule has 6 nitrogen and oxygen atoms in total. The van der Waals surface area contributed by atoms with Gasteiger partial charge in [0.05, 0.1) is 18.1 Å². The third-order valence-electron chi connectivity index (χ3n) is 4.81. The molecule has 2 aromatic carbocycles. The summed E-state index contributed by atoms with van der Waals surface area (Å²) >= 11 is 0. The molecule has 1 saturated heterocycles. The van der Waals surface area contributed by atoms with Gasteiger partial charge in [0.15, 0.2) is 0 Å². The molecule has 3 rings (SSSR count). The number of nitrogens with zero attached hydrogens (tertiary/aromatic N) is 1. The van der Waals surface area contributed by atoms with Gasteiger partial charge < -0.3 is 15.0 Å². The van der Waals surface area contributed by atoms with Gasteiger partial charge in [0.25, 0.3) is 5.91 Å². The Morgan fingerprint density at radius 2 is 1.90 bits per heavy atom. The largest absolute Gasteiger partial charge is 0.462 e. The summed E-state index contributed by atoms with van der Waals surface area (Å²) in [5.41, 5.74) is 1.26. The van der Waals surface area contributed by atoms with Crippen LogP contribution in [0.5, 0.6) is 0 Å². The minimum absolute atomic E-state index is 0.206. The zero-order chi connectivity index (χ0) is 20.8. The van der Waals surface area contributed by atoms with Crippen LogP contribution < -0.4 is 5.32 Å². The van der Waals surface area contributed by atoms with Crippen LogP contribution in [0.4, 0.5) is 10.1 Å². The van der Waals surface area contributed by atoms with E-state index in [1.165, 1.54) is 24.3 Å². The number of esters is 1. The van der Waals surface area contributed by atoms with E-state index in [1.54, 1.807) is 36.1 Å². The van der Waals surface area contributed by atoms with E-state index in [1.807, 2.05) is 0 Å². The molecular weight excluding hydrogens is 375 g/mol. The molecule has 1 heterocycles. The Bertz CT molecular complexity index is 898. The lowest BCUT2D eigenvalue weighted by atomic mass is 9.96. The van der Waals surface area contributed by atoms with Gasteiger partial charge >= 0.3 is 5.97 Å². The minimum Gasteiger partial charge on any atom is -0.462 e. The third kappa shape index (κ3) is 5.19. The molecule has 0 aliphatic carbocycles. The topological polar surface area (TPSA) is 75.7 Å². The molecule has 0 aromatic heterocycles. The lowest BCUT2D eigenvalue weighted by Crippen LogP contribution is -2.43. The maximum Gasteiger partial charge on any atom is 0.338 e. The van der Waals surface area contributed by atoms with Crippen molar-refractivity contribution in [2.75, 3.05) is 25.0 Å². The molecule has 1 aliphatic rings. The second-order valence-electron chi connectivity index (χ2n) is 6.89. The molecule has 1 fully saturated rings. The first-order chi connectivity index (χ1) is 14.0. The van der Waals surface area contributed by atoms with E-state index in [2.05, 4.69) is 5.32 Å². The zero-order valence-corrected chi connectivity index (χ0v) is 16.2. The second-order valence-corrected chi connectivity index (χ2v) is 6.89. The quantitative estimate of drug-likeness (QED) is 0.783. The Morgan fingerprint density at radius 1 is 1.14 bits per heavy atom. The first-order valence-electron chi connectivity index (χ1n) is 9.61. The highest BCUT2D eigenvalue weighted by molar-refractivity contribution is 5.97. The maximum absolute atomic E-state index is 13.1. The van der Waals surface area contributed by atoms with Gasteiger partial charge in [-0.15, -0.1) is 0 Å². The highest BCUT2D eigenvalue weighted by Crippen LogP contribution is 2.21. The van der Waals surface area contributed by atoms with Crippen molar-refractivity contribution >= 4 is 23.5 Å². The second kappa shape index (κ2) is 9.32. The number of piperidine rings is 1. The zero-order valence-electron chi connectivity index (χ0n) is 16.2. The Labute approximate surface area is 168 Å². The number of carbonyl (C=O) groups is 3. The highest BCUT2D eigenvalue weighted by Gasteiger charge is 2.29. The van der Waals surface area contributed by atoms with E-state index in [4.69, 9.17) is 4.74 Å². The fraction of sp³-hybridized carbons (Fsp3) is 0.318. The number of hydrogen-bond donors (Lipinski definition) is 1. The van der Waals surface area contributed by atoms with Crippen LogP contribution in [0.3, 0.4) is 0 Å². The number of halogens is 1. The molecule has 0 spiro atoms. The van der Waals surface area contributed by atoms with Crippen LogP contribution in [0.1, 0.15) is 40.5 Å². The van der Waals surface area contributed by atoms with Crippen molar-refractivity contribution in [3.05, 3.63) is 65.5 Å². The van der Waals surface area contributed by atoms with Crippen molar-refractivity contribution in [3.8, 4) is 0 Å². The summed E-state index contributed by atoms with van der Waals surface area (Å²) in [6.45, 7) is 2.85. The van der Waals surface area contributed by atoms with Gasteiger partial charge in [0.1, 0.15) is 5.82 Å². The van der Waals surface area contributed by atoms with Gasteiger partial charge in [-0.3, -0.25) is 9.59 Å². The Hall–Kier alpha value is -3.22. The monoisotopic (exact) mass is 398 g/mol. The van der Waals surface area contributed by atoms with E-state index in [-0.39, 0.29) is 24.3 Å². The summed E-state index contributed by atoms with van der Waals surface area (Å²) in [4.78, 5) is 38.8. The van der Waals surface area contributed by atoms with Crippen molar-refractivity contribution in [2.24, 2.45) is 5.92 Å². The van der Waals surface area contributed by atoms with Gasteiger partial charge in [0, 0.05) is 24.3 Å². The van der Waals surface area contributed by atoms with Crippen LogP contribution in [-0.4, -0.2) is 42.4 Å². The molecule has 1 N–H and O–H groups in total. The number of carbonyl (C=O) groups excluding carboxylic acids is 3. The van der Waals surface area contributed by atoms with Crippen LogP contribution in [-0.2, 0) is 9.53 Å². The maximum atomic E-state index is 13.1. The number of ether oxygens (including phenoxy) is 1. The molecule has 2 aromatic rings. The molecule has 1 unspecified atom stereocenters. The Kier molecular flexibility index (Phi) is 6.59. The average molecular weight is 398 g/mol. The van der Waals surface area contributed by atoms with Gasteiger partial charge in [0.2, 0.25) is 5.91 Å². The molecule has 0 bridgehead atoms. The lowest BCUT2D eigenvalue weighted by Gasteiger charge is -2.32. The van der Waals surface area contributed by atoms with Crippen molar-refractivity contribution in [3.63, 3.8) is 0 Å². The van der Waals surface area contributed by atoms with E-state index < -0.39 is 11.8 Å². The first kappa shape index (κ1) is 20.5. The van der Waals surface area contributed by atoms with Gasteiger partial charge in [-0.2, -0.15) is 0 Å².